The predicted molar refractivity (Wildman–Crippen MR) is 74.2 cm³/mol. The highest BCUT2D eigenvalue weighted by Crippen LogP contribution is 2.27. The molecule has 1 aromatic carbocycles. The summed E-state index contributed by atoms with van der Waals surface area (Å²) in [5.41, 5.74) is 9.77. The SMILES string of the molecule is CCN(CC)CC1CCc2ccc(N)cc2C1. The van der Waals surface area contributed by atoms with Crippen LogP contribution in [-0.4, -0.2) is 24.5 Å². The number of anilines is 1. The monoisotopic (exact) mass is 232 g/mol. The molecule has 0 amide bonds. The third-order valence-corrected chi connectivity index (χ3v) is 3.97. The lowest BCUT2D eigenvalue weighted by atomic mass is 9.83. The van der Waals surface area contributed by atoms with Gasteiger partial charge in [0, 0.05) is 12.2 Å². The Labute approximate surface area is 105 Å². The van der Waals surface area contributed by atoms with Crippen molar-refractivity contribution >= 4 is 5.69 Å². The van der Waals surface area contributed by atoms with Crippen molar-refractivity contribution in [3.63, 3.8) is 0 Å². The van der Waals surface area contributed by atoms with Crippen LogP contribution in [0.2, 0.25) is 0 Å². The van der Waals surface area contributed by atoms with Gasteiger partial charge in [-0.05, 0) is 61.5 Å². The zero-order chi connectivity index (χ0) is 12.3. The zero-order valence-corrected chi connectivity index (χ0v) is 11.1. The van der Waals surface area contributed by atoms with Crippen molar-refractivity contribution in [3.05, 3.63) is 29.3 Å². The van der Waals surface area contributed by atoms with Crippen LogP contribution >= 0.6 is 0 Å². The Morgan fingerprint density at radius 1 is 1.24 bits per heavy atom. The maximum Gasteiger partial charge on any atom is 0.0316 e. The number of benzene rings is 1. The first-order chi connectivity index (χ1) is 8.22. The second-order valence-corrected chi connectivity index (χ2v) is 5.12. The lowest BCUT2D eigenvalue weighted by molar-refractivity contribution is 0.239. The number of hydrogen-bond donors (Lipinski definition) is 1. The molecular formula is C15H24N2. The van der Waals surface area contributed by atoms with Crippen molar-refractivity contribution < 1.29 is 0 Å². The van der Waals surface area contributed by atoms with Gasteiger partial charge in [0.05, 0.1) is 0 Å². The van der Waals surface area contributed by atoms with E-state index in [0.29, 0.717) is 0 Å². The maximum absolute atomic E-state index is 5.87. The Morgan fingerprint density at radius 2 is 2.00 bits per heavy atom. The molecular weight excluding hydrogens is 208 g/mol. The highest BCUT2D eigenvalue weighted by molar-refractivity contribution is 5.45. The number of hydrogen-bond acceptors (Lipinski definition) is 2. The van der Waals surface area contributed by atoms with E-state index in [9.17, 15) is 0 Å². The summed E-state index contributed by atoms with van der Waals surface area (Å²) >= 11 is 0. The highest BCUT2D eigenvalue weighted by Gasteiger charge is 2.20. The van der Waals surface area contributed by atoms with E-state index in [4.69, 9.17) is 5.73 Å². The van der Waals surface area contributed by atoms with E-state index >= 15 is 0 Å². The van der Waals surface area contributed by atoms with Gasteiger partial charge < -0.3 is 10.6 Å². The smallest absolute Gasteiger partial charge is 0.0316 e. The Bertz CT molecular complexity index is 369. The van der Waals surface area contributed by atoms with Gasteiger partial charge in [-0.3, -0.25) is 0 Å². The molecule has 0 heterocycles. The second kappa shape index (κ2) is 5.54. The maximum atomic E-state index is 5.87. The molecule has 1 atom stereocenters. The lowest BCUT2D eigenvalue weighted by Gasteiger charge is -2.29. The van der Waals surface area contributed by atoms with E-state index in [1.165, 1.54) is 36.9 Å². The van der Waals surface area contributed by atoms with Gasteiger partial charge in [-0.25, -0.2) is 0 Å². The van der Waals surface area contributed by atoms with Crippen molar-refractivity contribution in [2.75, 3.05) is 25.4 Å². The molecule has 1 aromatic rings. The van der Waals surface area contributed by atoms with Crippen LogP contribution in [0.15, 0.2) is 18.2 Å². The molecule has 2 rings (SSSR count). The van der Waals surface area contributed by atoms with Crippen molar-refractivity contribution in [3.8, 4) is 0 Å². The molecule has 1 aliphatic carbocycles. The van der Waals surface area contributed by atoms with Gasteiger partial charge in [-0.1, -0.05) is 19.9 Å². The van der Waals surface area contributed by atoms with Crippen molar-refractivity contribution in [2.24, 2.45) is 5.92 Å². The average Bonchev–Trinajstić information content (AvgIpc) is 2.35. The van der Waals surface area contributed by atoms with Crippen LogP contribution in [-0.2, 0) is 12.8 Å². The molecule has 1 unspecified atom stereocenters. The number of rotatable bonds is 4. The van der Waals surface area contributed by atoms with Gasteiger partial charge in [0.15, 0.2) is 0 Å². The van der Waals surface area contributed by atoms with Gasteiger partial charge in [0.1, 0.15) is 0 Å². The van der Waals surface area contributed by atoms with Gasteiger partial charge >= 0.3 is 0 Å². The van der Waals surface area contributed by atoms with Crippen molar-refractivity contribution in [1.82, 2.24) is 4.90 Å². The van der Waals surface area contributed by atoms with Gasteiger partial charge in [-0.15, -0.1) is 0 Å². The Kier molecular flexibility index (Phi) is 4.06. The Morgan fingerprint density at radius 3 is 2.71 bits per heavy atom. The Balaban J connectivity index is 2.02. The number of nitrogens with zero attached hydrogens (tertiary/aromatic N) is 1. The molecule has 0 radical (unpaired) electrons. The molecule has 94 valence electrons. The molecule has 0 aliphatic heterocycles. The summed E-state index contributed by atoms with van der Waals surface area (Å²) in [5.74, 6) is 0.809. The summed E-state index contributed by atoms with van der Waals surface area (Å²) in [4.78, 5) is 2.53. The van der Waals surface area contributed by atoms with E-state index < -0.39 is 0 Å². The fourth-order valence-electron chi connectivity index (χ4n) is 2.86. The molecule has 1 aliphatic rings. The number of fused-ring (bicyclic) bond motifs is 1. The molecule has 0 aromatic heterocycles. The quantitative estimate of drug-likeness (QED) is 0.809. The number of nitrogen functional groups attached to an aromatic ring is 1. The zero-order valence-electron chi connectivity index (χ0n) is 11.1. The van der Waals surface area contributed by atoms with Crippen LogP contribution in [0.1, 0.15) is 31.4 Å². The largest absolute Gasteiger partial charge is 0.399 e. The second-order valence-electron chi connectivity index (χ2n) is 5.12. The third kappa shape index (κ3) is 3.01. The number of aryl methyl sites for hydroxylation is 1. The van der Waals surface area contributed by atoms with Gasteiger partial charge in [0.2, 0.25) is 0 Å². The topological polar surface area (TPSA) is 29.3 Å². The summed E-state index contributed by atoms with van der Waals surface area (Å²) in [5, 5.41) is 0. The molecule has 0 fully saturated rings. The van der Waals surface area contributed by atoms with Crippen LogP contribution in [0.25, 0.3) is 0 Å². The van der Waals surface area contributed by atoms with Crippen molar-refractivity contribution in [1.29, 1.82) is 0 Å². The summed E-state index contributed by atoms with van der Waals surface area (Å²) in [6, 6.07) is 6.41. The van der Waals surface area contributed by atoms with E-state index in [-0.39, 0.29) is 0 Å². The minimum atomic E-state index is 0.809. The first-order valence-corrected chi connectivity index (χ1v) is 6.82. The first kappa shape index (κ1) is 12.4. The van der Waals surface area contributed by atoms with E-state index in [2.05, 4.69) is 30.9 Å². The normalized spacial score (nSPS) is 19.4. The molecule has 0 saturated carbocycles. The minimum Gasteiger partial charge on any atom is -0.399 e. The molecule has 17 heavy (non-hydrogen) atoms. The molecule has 2 heteroatoms. The Hall–Kier alpha value is -1.02. The molecule has 2 N–H and O–H groups in total. The first-order valence-electron chi connectivity index (χ1n) is 6.82. The van der Waals surface area contributed by atoms with Crippen LogP contribution in [0.3, 0.4) is 0 Å². The fourth-order valence-corrected chi connectivity index (χ4v) is 2.86. The van der Waals surface area contributed by atoms with Crippen LogP contribution in [0, 0.1) is 5.92 Å². The minimum absolute atomic E-state index is 0.809. The standard InChI is InChI=1S/C15H24N2/c1-3-17(4-2)11-12-5-6-13-7-8-15(16)10-14(13)9-12/h7-8,10,12H,3-6,9,11,16H2,1-2H3. The van der Waals surface area contributed by atoms with E-state index in [1.54, 1.807) is 0 Å². The third-order valence-electron chi connectivity index (χ3n) is 3.97. The highest BCUT2D eigenvalue weighted by atomic mass is 15.1. The van der Waals surface area contributed by atoms with Gasteiger partial charge in [-0.2, -0.15) is 0 Å². The summed E-state index contributed by atoms with van der Waals surface area (Å²) in [7, 11) is 0. The number of nitrogens with two attached hydrogens (primary N) is 1. The van der Waals surface area contributed by atoms with Crippen LogP contribution < -0.4 is 5.73 Å². The summed E-state index contributed by atoms with van der Waals surface area (Å²) < 4.78 is 0. The van der Waals surface area contributed by atoms with Gasteiger partial charge in [0.25, 0.3) is 0 Å². The predicted octanol–water partition coefficient (Wildman–Crippen LogP) is 2.72. The van der Waals surface area contributed by atoms with Crippen LogP contribution in [0.4, 0.5) is 5.69 Å². The molecule has 2 nitrogen and oxygen atoms in total. The van der Waals surface area contributed by atoms with E-state index in [0.717, 1.165) is 24.7 Å². The molecule has 0 spiro atoms. The summed E-state index contributed by atoms with van der Waals surface area (Å²) in [6.45, 7) is 8.06. The molecule has 0 bridgehead atoms. The molecule has 0 saturated heterocycles. The summed E-state index contributed by atoms with van der Waals surface area (Å²) in [6.07, 6.45) is 3.76. The van der Waals surface area contributed by atoms with Crippen molar-refractivity contribution in [2.45, 2.75) is 33.1 Å². The van der Waals surface area contributed by atoms with E-state index in [1.807, 2.05) is 6.07 Å². The average molecular weight is 232 g/mol. The fraction of sp³-hybridized carbons (Fsp3) is 0.600. The lowest BCUT2D eigenvalue weighted by Crippen LogP contribution is -2.32. The van der Waals surface area contributed by atoms with Crippen LogP contribution in [0.5, 0.6) is 0 Å².